The van der Waals surface area contributed by atoms with E-state index in [0.717, 1.165) is 0 Å². The molecule has 0 fully saturated rings. The average Bonchev–Trinajstić information content (AvgIpc) is 2.75. The zero-order valence-corrected chi connectivity index (χ0v) is 18.7. The maximum atomic E-state index is 13.0. The van der Waals surface area contributed by atoms with Crippen LogP contribution in [0.4, 0.5) is 0 Å². The Morgan fingerprint density at radius 2 is 1.57 bits per heavy atom. The van der Waals surface area contributed by atoms with Crippen LogP contribution >= 0.6 is 23.2 Å². The van der Waals surface area contributed by atoms with Crippen LogP contribution in [0.1, 0.15) is 12.5 Å². The molecule has 0 unspecified atom stereocenters. The zero-order valence-electron chi connectivity index (χ0n) is 17.2. The van der Waals surface area contributed by atoms with E-state index >= 15 is 0 Å². The van der Waals surface area contributed by atoms with Crippen LogP contribution in [-0.2, 0) is 16.1 Å². The van der Waals surface area contributed by atoms with Crippen molar-refractivity contribution in [3.8, 4) is 17.2 Å². The number of methoxy groups -OCH3 is 2. The molecule has 2 aromatic carbocycles. The summed E-state index contributed by atoms with van der Waals surface area (Å²) in [6, 6.07) is 9.25. The van der Waals surface area contributed by atoms with Crippen LogP contribution in [0.3, 0.4) is 0 Å². The van der Waals surface area contributed by atoms with Crippen LogP contribution in [0.2, 0.25) is 10.0 Å². The lowest BCUT2D eigenvalue weighted by atomic mass is 10.1. The van der Waals surface area contributed by atoms with E-state index in [4.69, 9.17) is 37.4 Å². The first-order valence-electron chi connectivity index (χ1n) is 9.10. The molecule has 162 valence electrons. The third-order valence-corrected chi connectivity index (χ3v) is 5.20. The van der Waals surface area contributed by atoms with Crippen LogP contribution < -0.4 is 19.5 Å². The summed E-state index contributed by atoms with van der Waals surface area (Å²) in [6.45, 7) is 1.37. The normalized spacial score (nSPS) is 11.4. The molecule has 1 atom stereocenters. The Morgan fingerprint density at radius 1 is 1.03 bits per heavy atom. The van der Waals surface area contributed by atoms with Gasteiger partial charge in [0.2, 0.25) is 5.91 Å². The predicted molar refractivity (Wildman–Crippen MR) is 116 cm³/mol. The molecule has 0 aliphatic carbocycles. The number of halogens is 2. The highest BCUT2D eigenvalue weighted by molar-refractivity contribution is 6.36. The minimum atomic E-state index is -0.765. The highest BCUT2D eigenvalue weighted by Gasteiger charge is 2.27. The van der Waals surface area contributed by atoms with Gasteiger partial charge in [0.15, 0.2) is 6.61 Å². The number of hydrogen-bond acceptors (Lipinski definition) is 5. The summed E-state index contributed by atoms with van der Waals surface area (Å²) in [6.07, 6.45) is 0. The third-order valence-electron chi connectivity index (χ3n) is 4.49. The van der Waals surface area contributed by atoms with Crippen LogP contribution in [0.15, 0.2) is 36.4 Å². The quantitative estimate of drug-likeness (QED) is 0.626. The smallest absolute Gasteiger partial charge is 0.261 e. The van der Waals surface area contributed by atoms with E-state index in [-0.39, 0.29) is 19.1 Å². The number of carbonyl (C=O) groups is 2. The van der Waals surface area contributed by atoms with Gasteiger partial charge in [-0.1, -0.05) is 29.3 Å². The molecule has 1 N–H and O–H groups in total. The van der Waals surface area contributed by atoms with Gasteiger partial charge < -0.3 is 24.4 Å². The lowest BCUT2D eigenvalue weighted by molar-refractivity contribution is -0.142. The molecule has 0 aliphatic heterocycles. The van der Waals surface area contributed by atoms with Gasteiger partial charge in [0.05, 0.1) is 14.2 Å². The molecular formula is C21H24Cl2N2O5. The van der Waals surface area contributed by atoms with Gasteiger partial charge in [-0.2, -0.15) is 0 Å². The summed E-state index contributed by atoms with van der Waals surface area (Å²) in [5, 5.41) is 3.36. The summed E-state index contributed by atoms with van der Waals surface area (Å²) < 4.78 is 16.1. The number of hydrogen-bond donors (Lipinski definition) is 1. The van der Waals surface area contributed by atoms with Crippen LogP contribution in [-0.4, -0.2) is 50.6 Å². The van der Waals surface area contributed by atoms with Crippen LogP contribution in [0, 0.1) is 0 Å². The first kappa shape index (κ1) is 23.6. The van der Waals surface area contributed by atoms with E-state index in [1.807, 2.05) is 0 Å². The minimum Gasteiger partial charge on any atom is -0.496 e. The fourth-order valence-corrected chi connectivity index (χ4v) is 3.25. The van der Waals surface area contributed by atoms with Crippen molar-refractivity contribution in [3.05, 3.63) is 52.0 Å². The number of nitrogens with one attached hydrogen (secondary N) is 1. The second-order valence-corrected chi connectivity index (χ2v) is 7.16. The van der Waals surface area contributed by atoms with Crippen molar-refractivity contribution in [1.29, 1.82) is 0 Å². The van der Waals surface area contributed by atoms with Gasteiger partial charge in [-0.25, -0.2) is 0 Å². The van der Waals surface area contributed by atoms with E-state index in [1.165, 1.54) is 26.2 Å². The van der Waals surface area contributed by atoms with Gasteiger partial charge in [-0.3, -0.25) is 9.59 Å². The number of benzene rings is 2. The molecule has 0 saturated carbocycles. The third kappa shape index (κ3) is 5.93. The lowest BCUT2D eigenvalue weighted by Crippen LogP contribution is -2.48. The minimum absolute atomic E-state index is 0.0523. The summed E-state index contributed by atoms with van der Waals surface area (Å²) in [5.41, 5.74) is 0.549. The number of nitrogens with zero attached hydrogens (tertiary/aromatic N) is 1. The molecule has 0 heterocycles. The molecular weight excluding hydrogens is 431 g/mol. The standard InChI is InChI=1S/C21H24Cl2N2O5/c1-13(21(27)24-2)25(11-17-18(22)6-5-7-19(17)23)20(26)12-30-16-9-14(28-3)8-15(10-16)29-4/h5-10,13H,11-12H2,1-4H3,(H,24,27)/t13-/m1/s1. The van der Waals surface area contributed by atoms with Crippen LogP contribution in [0.25, 0.3) is 0 Å². The first-order chi connectivity index (χ1) is 14.3. The molecule has 0 spiro atoms. The van der Waals surface area contributed by atoms with Gasteiger partial charge >= 0.3 is 0 Å². The van der Waals surface area contributed by atoms with Crippen molar-refractivity contribution in [2.24, 2.45) is 0 Å². The Bertz CT molecular complexity index is 864. The van der Waals surface area contributed by atoms with E-state index in [1.54, 1.807) is 43.3 Å². The molecule has 0 aromatic heterocycles. The van der Waals surface area contributed by atoms with Crippen LogP contribution in [0.5, 0.6) is 17.2 Å². The number of amides is 2. The van der Waals surface area contributed by atoms with E-state index < -0.39 is 11.9 Å². The lowest BCUT2D eigenvalue weighted by Gasteiger charge is -2.29. The van der Waals surface area contributed by atoms with E-state index in [9.17, 15) is 9.59 Å². The van der Waals surface area contributed by atoms with Crippen molar-refractivity contribution >= 4 is 35.0 Å². The van der Waals surface area contributed by atoms with Gasteiger partial charge in [-0.05, 0) is 19.1 Å². The molecule has 0 saturated heterocycles. The van der Waals surface area contributed by atoms with Crippen molar-refractivity contribution in [3.63, 3.8) is 0 Å². The maximum absolute atomic E-state index is 13.0. The van der Waals surface area contributed by atoms with E-state index in [0.29, 0.717) is 32.9 Å². The topological polar surface area (TPSA) is 77.1 Å². The SMILES string of the molecule is CNC(=O)[C@@H](C)N(Cc1c(Cl)cccc1Cl)C(=O)COc1cc(OC)cc(OC)c1. The molecule has 30 heavy (non-hydrogen) atoms. The molecule has 0 radical (unpaired) electrons. The zero-order chi connectivity index (χ0) is 22.3. The Morgan fingerprint density at radius 3 is 2.07 bits per heavy atom. The fraction of sp³-hybridized carbons (Fsp3) is 0.333. The second kappa shape index (κ2) is 10.9. The average molecular weight is 455 g/mol. The number of rotatable bonds is 9. The maximum Gasteiger partial charge on any atom is 0.261 e. The first-order valence-corrected chi connectivity index (χ1v) is 9.86. The number of ether oxygens (including phenoxy) is 3. The Hall–Kier alpha value is -2.64. The molecule has 2 amide bonds. The summed E-state index contributed by atoms with van der Waals surface area (Å²) in [7, 11) is 4.54. The number of carbonyl (C=O) groups excluding carboxylic acids is 2. The Balaban J connectivity index is 2.24. The molecule has 9 heteroatoms. The van der Waals surface area contributed by atoms with Crippen molar-refractivity contribution < 1.29 is 23.8 Å². The Kier molecular flexibility index (Phi) is 8.62. The van der Waals surface area contributed by atoms with Crippen molar-refractivity contribution in [2.75, 3.05) is 27.9 Å². The molecule has 2 rings (SSSR count). The van der Waals surface area contributed by atoms with Gasteiger partial charge in [0.25, 0.3) is 5.91 Å². The largest absolute Gasteiger partial charge is 0.496 e. The van der Waals surface area contributed by atoms with Gasteiger partial charge in [0.1, 0.15) is 23.3 Å². The molecule has 2 aromatic rings. The monoisotopic (exact) mass is 454 g/mol. The van der Waals surface area contributed by atoms with Gasteiger partial charge in [-0.15, -0.1) is 0 Å². The molecule has 0 bridgehead atoms. The highest BCUT2D eigenvalue weighted by Crippen LogP contribution is 2.28. The summed E-state index contributed by atoms with van der Waals surface area (Å²) in [4.78, 5) is 26.6. The highest BCUT2D eigenvalue weighted by atomic mass is 35.5. The van der Waals surface area contributed by atoms with Crippen molar-refractivity contribution in [2.45, 2.75) is 19.5 Å². The van der Waals surface area contributed by atoms with Gasteiger partial charge in [0, 0.05) is 47.4 Å². The predicted octanol–water partition coefficient (Wildman–Crippen LogP) is 3.55. The van der Waals surface area contributed by atoms with E-state index in [2.05, 4.69) is 5.32 Å². The van der Waals surface area contributed by atoms with Crippen molar-refractivity contribution in [1.82, 2.24) is 10.2 Å². The number of likely N-dealkylation sites (N-methyl/N-ethyl adjacent to an activating group) is 1. The Labute approximate surface area is 185 Å². The fourth-order valence-electron chi connectivity index (χ4n) is 2.74. The molecule has 0 aliphatic rings. The second-order valence-electron chi connectivity index (χ2n) is 6.35. The summed E-state index contributed by atoms with van der Waals surface area (Å²) >= 11 is 12.5. The summed E-state index contributed by atoms with van der Waals surface area (Å²) in [5.74, 6) is 0.701. The molecule has 7 nitrogen and oxygen atoms in total.